The molecule has 0 heterocycles. The van der Waals surface area contributed by atoms with Crippen molar-refractivity contribution in [2.75, 3.05) is 0 Å². The summed E-state index contributed by atoms with van der Waals surface area (Å²) >= 11 is 12.2. The van der Waals surface area contributed by atoms with E-state index in [9.17, 15) is 4.39 Å². The lowest BCUT2D eigenvalue weighted by Gasteiger charge is -2.09. The van der Waals surface area contributed by atoms with Gasteiger partial charge in [0.1, 0.15) is 23.4 Å². The summed E-state index contributed by atoms with van der Waals surface area (Å²) in [4.78, 5) is 0. The maximum atomic E-state index is 13.4. The van der Waals surface area contributed by atoms with Crippen LogP contribution >= 0.6 is 43.5 Å². The van der Waals surface area contributed by atoms with Crippen LogP contribution in [0.5, 0.6) is 11.5 Å². The third-order valence-corrected chi connectivity index (χ3v) is 3.83. The van der Waals surface area contributed by atoms with E-state index in [0.29, 0.717) is 26.0 Å². The normalized spacial score (nSPS) is 10.1. The van der Waals surface area contributed by atoms with Gasteiger partial charge in [0.05, 0.1) is 15.1 Å². The van der Waals surface area contributed by atoms with Gasteiger partial charge in [0.25, 0.3) is 0 Å². The Kier molecular flexibility index (Phi) is 4.46. The maximum absolute atomic E-state index is 13.4. The summed E-state index contributed by atoms with van der Waals surface area (Å²) in [5.74, 6) is 0.222. The molecular formula is C13H5Br2ClFNO. The van der Waals surface area contributed by atoms with E-state index < -0.39 is 5.82 Å². The third-order valence-electron chi connectivity index (χ3n) is 2.26. The van der Waals surface area contributed by atoms with E-state index in [-0.39, 0.29) is 5.02 Å². The van der Waals surface area contributed by atoms with Crippen LogP contribution in [-0.2, 0) is 0 Å². The first-order valence-corrected chi connectivity index (χ1v) is 6.99. The average molecular weight is 405 g/mol. The van der Waals surface area contributed by atoms with Crippen molar-refractivity contribution in [2.24, 2.45) is 0 Å². The fourth-order valence-corrected chi connectivity index (χ4v) is 2.53. The predicted octanol–water partition coefficient (Wildman–Crippen LogP) is 5.67. The second kappa shape index (κ2) is 5.91. The Balaban J connectivity index is 2.34. The minimum Gasteiger partial charge on any atom is -0.456 e. The second-order valence-electron chi connectivity index (χ2n) is 3.55. The molecule has 0 bridgehead atoms. The zero-order valence-electron chi connectivity index (χ0n) is 9.25. The summed E-state index contributed by atoms with van der Waals surface area (Å²) < 4.78 is 20.1. The highest BCUT2D eigenvalue weighted by molar-refractivity contribution is 9.10. The average Bonchev–Trinajstić information content (AvgIpc) is 2.36. The highest BCUT2D eigenvalue weighted by Gasteiger charge is 2.10. The largest absolute Gasteiger partial charge is 0.456 e. The number of benzene rings is 2. The number of halogens is 4. The van der Waals surface area contributed by atoms with Crippen molar-refractivity contribution in [1.82, 2.24) is 0 Å². The standard InChI is InChI=1S/C13H5Br2ClFNO/c14-9-3-8(2-1-7(9)6-18)19-13-5-12(17)11(16)4-10(13)15/h1-5H. The Morgan fingerprint density at radius 2 is 1.89 bits per heavy atom. The Morgan fingerprint density at radius 1 is 1.16 bits per heavy atom. The smallest absolute Gasteiger partial charge is 0.145 e. The van der Waals surface area contributed by atoms with Crippen molar-refractivity contribution in [1.29, 1.82) is 5.26 Å². The summed E-state index contributed by atoms with van der Waals surface area (Å²) in [5, 5.41) is 8.83. The molecule has 2 aromatic rings. The lowest BCUT2D eigenvalue weighted by molar-refractivity contribution is 0.473. The Labute approximate surface area is 131 Å². The molecule has 0 saturated carbocycles. The molecule has 0 aromatic heterocycles. The van der Waals surface area contributed by atoms with Gasteiger partial charge in [0.2, 0.25) is 0 Å². The van der Waals surface area contributed by atoms with Crippen LogP contribution < -0.4 is 4.74 Å². The molecule has 0 saturated heterocycles. The van der Waals surface area contributed by atoms with E-state index in [1.165, 1.54) is 12.1 Å². The molecular weight excluding hydrogens is 400 g/mol. The minimum absolute atomic E-state index is 0.0141. The first-order chi connectivity index (χ1) is 9.01. The number of ether oxygens (including phenoxy) is 1. The first-order valence-electron chi connectivity index (χ1n) is 5.03. The van der Waals surface area contributed by atoms with E-state index in [2.05, 4.69) is 31.9 Å². The summed E-state index contributed by atoms with van der Waals surface area (Å²) in [6.45, 7) is 0. The van der Waals surface area contributed by atoms with Crippen LogP contribution in [0.3, 0.4) is 0 Å². The number of nitriles is 1. The molecule has 0 amide bonds. The molecule has 2 aromatic carbocycles. The van der Waals surface area contributed by atoms with Crippen molar-refractivity contribution < 1.29 is 9.13 Å². The Bertz CT molecular complexity index is 685. The van der Waals surface area contributed by atoms with Crippen LogP contribution in [0, 0.1) is 17.1 Å². The van der Waals surface area contributed by atoms with E-state index in [1.54, 1.807) is 18.2 Å². The maximum Gasteiger partial charge on any atom is 0.145 e. The molecule has 0 spiro atoms. The van der Waals surface area contributed by atoms with Crippen molar-refractivity contribution in [3.05, 3.63) is 55.7 Å². The molecule has 0 unspecified atom stereocenters. The van der Waals surface area contributed by atoms with Crippen molar-refractivity contribution in [2.45, 2.75) is 0 Å². The summed E-state index contributed by atoms with van der Waals surface area (Å²) in [6, 6.07) is 9.51. The Hall–Kier alpha value is -1.09. The summed E-state index contributed by atoms with van der Waals surface area (Å²) in [6.07, 6.45) is 0. The third kappa shape index (κ3) is 3.27. The number of hydrogen-bond acceptors (Lipinski definition) is 2. The fourth-order valence-electron chi connectivity index (χ4n) is 1.36. The molecule has 0 aliphatic heterocycles. The lowest BCUT2D eigenvalue weighted by atomic mass is 10.2. The van der Waals surface area contributed by atoms with Gasteiger partial charge in [-0.25, -0.2) is 4.39 Å². The van der Waals surface area contributed by atoms with Crippen molar-refractivity contribution >= 4 is 43.5 Å². The number of nitrogens with zero attached hydrogens (tertiary/aromatic N) is 1. The fraction of sp³-hybridized carbons (Fsp3) is 0. The molecule has 96 valence electrons. The quantitative estimate of drug-likeness (QED) is 0.604. The topological polar surface area (TPSA) is 33.0 Å². The monoisotopic (exact) mass is 403 g/mol. The van der Waals surface area contributed by atoms with Crippen LogP contribution in [-0.4, -0.2) is 0 Å². The molecule has 0 aliphatic rings. The molecule has 0 N–H and O–H groups in total. The van der Waals surface area contributed by atoms with Gasteiger partial charge in [0.15, 0.2) is 0 Å². The summed E-state index contributed by atoms with van der Waals surface area (Å²) in [5.41, 5.74) is 0.494. The SMILES string of the molecule is N#Cc1ccc(Oc2cc(F)c(Cl)cc2Br)cc1Br. The zero-order chi connectivity index (χ0) is 14.0. The predicted molar refractivity (Wildman–Crippen MR) is 78.0 cm³/mol. The minimum atomic E-state index is -0.562. The van der Waals surface area contributed by atoms with Gasteiger partial charge in [-0.1, -0.05) is 11.6 Å². The van der Waals surface area contributed by atoms with Crippen molar-refractivity contribution in [3.8, 4) is 17.6 Å². The molecule has 6 heteroatoms. The van der Waals surface area contributed by atoms with Gasteiger partial charge in [-0.3, -0.25) is 0 Å². The molecule has 2 nitrogen and oxygen atoms in total. The number of hydrogen-bond donors (Lipinski definition) is 0. The highest BCUT2D eigenvalue weighted by Crippen LogP contribution is 2.34. The van der Waals surface area contributed by atoms with Crippen molar-refractivity contribution in [3.63, 3.8) is 0 Å². The van der Waals surface area contributed by atoms with Gasteiger partial charge in [-0.2, -0.15) is 5.26 Å². The van der Waals surface area contributed by atoms with Crippen LogP contribution in [0.1, 0.15) is 5.56 Å². The molecule has 0 aliphatic carbocycles. The van der Waals surface area contributed by atoms with Gasteiger partial charge in [0, 0.05) is 10.5 Å². The van der Waals surface area contributed by atoms with Crippen LogP contribution in [0.4, 0.5) is 4.39 Å². The van der Waals surface area contributed by atoms with Gasteiger partial charge in [-0.05, 0) is 56.1 Å². The van der Waals surface area contributed by atoms with E-state index in [4.69, 9.17) is 21.6 Å². The second-order valence-corrected chi connectivity index (χ2v) is 5.67. The Morgan fingerprint density at radius 3 is 2.53 bits per heavy atom. The summed E-state index contributed by atoms with van der Waals surface area (Å²) in [7, 11) is 0. The van der Waals surface area contributed by atoms with Gasteiger partial charge < -0.3 is 4.74 Å². The molecule has 0 atom stereocenters. The highest BCUT2D eigenvalue weighted by atomic mass is 79.9. The molecule has 2 rings (SSSR count). The van der Waals surface area contributed by atoms with Gasteiger partial charge in [-0.15, -0.1) is 0 Å². The molecule has 0 radical (unpaired) electrons. The number of rotatable bonds is 2. The first kappa shape index (κ1) is 14.3. The van der Waals surface area contributed by atoms with Crippen LogP contribution in [0.2, 0.25) is 5.02 Å². The van der Waals surface area contributed by atoms with Crippen LogP contribution in [0.15, 0.2) is 39.3 Å². The zero-order valence-corrected chi connectivity index (χ0v) is 13.2. The lowest BCUT2D eigenvalue weighted by Crippen LogP contribution is -1.89. The molecule has 0 fully saturated rings. The van der Waals surface area contributed by atoms with E-state index in [1.807, 2.05) is 6.07 Å². The van der Waals surface area contributed by atoms with Crippen LogP contribution in [0.25, 0.3) is 0 Å². The van der Waals surface area contributed by atoms with E-state index >= 15 is 0 Å². The van der Waals surface area contributed by atoms with E-state index in [0.717, 1.165) is 0 Å². The molecule has 19 heavy (non-hydrogen) atoms. The van der Waals surface area contributed by atoms with Gasteiger partial charge >= 0.3 is 0 Å².